The summed E-state index contributed by atoms with van der Waals surface area (Å²) in [5.41, 5.74) is 3.79. The number of benzene rings is 1. The minimum absolute atomic E-state index is 0.0911. The molecule has 6 nitrogen and oxygen atoms in total. The number of anilines is 1. The number of aryl methyl sites for hydroxylation is 2. The van der Waals surface area contributed by atoms with Gasteiger partial charge in [-0.2, -0.15) is 5.10 Å². The Morgan fingerprint density at radius 3 is 2.61 bits per heavy atom. The summed E-state index contributed by atoms with van der Waals surface area (Å²) >= 11 is 1.57. The maximum absolute atomic E-state index is 13.3. The molecule has 3 aromatic rings. The molecule has 0 spiro atoms. The van der Waals surface area contributed by atoms with E-state index in [2.05, 4.69) is 49.8 Å². The number of amides is 1. The summed E-state index contributed by atoms with van der Waals surface area (Å²) in [5, 5.41) is 5.22. The normalized spacial score (nSPS) is 11.7. The van der Waals surface area contributed by atoms with Crippen molar-refractivity contribution in [1.29, 1.82) is 0 Å². The van der Waals surface area contributed by atoms with Crippen molar-refractivity contribution in [3.63, 3.8) is 0 Å². The van der Waals surface area contributed by atoms with E-state index in [1.165, 1.54) is 5.56 Å². The molecule has 0 unspecified atom stereocenters. The number of carbonyl (C=O) groups is 1. The van der Waals surface area contributed by atoms with Gasteiger partial charge in [0.1, 0.15) is 0 Å². The fourth-order valence-corrected chi connectivity index (χ4v) is 4.35. The smallest absolute Gasteiger partial charge is 0.280 e. The Morgan fingerprint density at radius 2 is 1.96 bits per heavy atom. The van der Waals surface area contributed by atoms with Gasteiger partial charge in [-0.3, -0.25) is 14.4 Å². The van der Waals surface area contributed by atoms with E-state index in [0.29, 0.717) is 12.2 Å². The molecule has 7 heteroatoms. The lowest BCUT2D eigenvalue weighted by Crippen LogP contribution is -2.33. The van der Waals surface area contributed by atoms with Gasteiger partial charge >= 0.3 is 0 Å². The van der Waals surface area contributed by atoms with Gasteiger partial charge < -0.3 is 4.90 Å². The summed E-state index contributed by atoms with van der Waals surface area (Å²) in [7, 11) is 4.08. The molecule has 0 aliphatic carbocycles. The minimum Gasteiger partial charge on any atom is -0.309 e. The van der Waals surface area contributed by atoms with Crippen molar-refractivity contribution in [2.45, 2.75) is 40.2 Å². The average Bonchev–Trinajstić information content (AvgIpc) is 3.25. The van der Waals surface area contributed by atoms with Crippen LogP contribution in [0.15, 0.2) is 24.4 Å². The first kappa shape index (κ1) is 20.5. The Balaban J connectivity index is 1.96. The summed E-state index contributed by atoms with van der Waals surface area (Å²) < 4.78 is 2.93. The summed E-state index contributed by atoms with van der Waals surface area (Å²) in [4.78, 5) is 22.0. The highest BCUT2D eigenvalue weighted by Gasteiger charge is 2.24. The zero-order valence-electron chi connectivity index (χ0n) is 17.6. The molecule has 0 aliphatic heterocycles. The summed E-state index contributed by atoms with van der Waals surface area (Å²) in [6.45, 7) is 9.78. The zero-order chi connectivity index (χ0) is 20.4. The molecule has 150 valence electrons. The van der Waals surface area contributed by atoms with Crippen molar-refractivity contribution in [2.75, 3.05) is 32.1 Å². The standard InChI is InChI=1S/C21H29N5OS/c1-14(2)26-11-8-17(23-26)20(27)25(10-7-9-24(5)6)21-22-19-16(4)12-15(3)13-18(19)28-21/h8,11-14H,7,9-10H2,1-6H3. The molecule has 0 bridgehead atoms. The molecule has 28 heavy (non-hydrogen) atoms. The molecule has 2 heterocycles. The zero-order valence-corrected chi connectivity index (χ0v) is 18.4. The van der Waals surface area contributed by atoms with Crippen LogP contribution >= 0.6 is 11.3 Å². The Bertz CT molecular complexity index is 972. The molecule has 0 atom stereocenters. The third kappa shape index (κ3) is 4.42. The molecule has 0 saturated heterocycles. The molecule has 0 aliphatic rings. The van der Waals surface area contributed by atoms with Crippen LogP contribution in [0.3, 0.4) is 0 Å². The molecular weight excluding hydrogens is 370 g/mol. The van der Waals surface area contributed by atoms with E-state index >= 15 is 0 Å². The van der Waals surface area contributed by atoms with E-state index in [0.717, 1.165) is 33.9 Å². The monoisotopic (exact) mass is 399 g/mol. The molecular formula is C21H29N5OS. The van der Waals surface area contributed by atoms with E-state index in [9.17, 15) is 4.79 Å². The lowest BCUT2D eigenvalue weighted by Gasteiger charge is -2.20. The van der Waals surface area contributed by atoms with Gasteiger partial charge in [0, 0.05) is 18.8 Å². The minimum atomic E-state index is -0.0911. The van der Waals surface area contributed by atoms with Gasteiger partial charge in [0.25, 0.3) is 5.91 Å². The average molecular weight is 400 g/mol. The van der Waals surface area contributed by atoms with Crippen LogP contribution in [0, 0.1) is 13.8 Å². The highest BCUT2D eigenvalue weighted by molar-refractivity contribution is 7.22. The Hall–Kier alpha value is -2.25. The van der Waals surface area contributed by atoms with Crippen molar-refractivity contribution >= 4 is 32.6 Å². The second kappa shape index (κ2) is 8.41. The number of aromatic nitrogens is 3. The van der Waals surface area contributed by atoms with Gasteiger partial charge in [-0.25, -0.2) is 4.98 Å². The number of hydrogen-bond acceptors (Lipinski definition) is 5. The van der Waals surface area contributed by atoms with Crippen molar-refractivity contribution in [2.24, 2.45) is 0 Å². The third-order valence-corrected chi connectivity index (χ3v) is 5.66. The Labute approximate surface area is 170 Å². The Morgan fingerprint density at radius 1 is 1.21 bits per heavy atom. The molecule has 3 rings (SSSR count). The molecule has 0 radical (unpaired) electrons. The van der Waals surface area contributed by atoms with E-state index < -0.39 is 0 Å². The van der Waals surface area contributed by atoms with Crippen molar-refractivity contribution in [3.8, 4) is 0 Å². The first-order valence-corrected chi connectivity index (χ1v) is 10.5. The fourth-order valence-electron chi connectivity index (χ4n) is 3.18. The third-order valence-electron chi connectivity index (χ3n) is 4.64. The maximum Gasteiger partial charge on any atom is 0.280 e. The van der Waals surface area contributed by atoms with E-state index in [1.807, 2.05) is 25.0 Å². The highest BCUT2D eigenvalue weighted by atomic mass is 32.1. The number of hydrogen-bond donors (Lipinski definition) is 0. The second-order valence-corrected chi connectivity index (χ2v) is 8.82. The maximum atomic E-state index is 13.3. The second-order valence-electron chi connectivity index (χ2n) is 7.81. The predicted octanol–water partition coefficient (Wildman–Crippen LogP) is 4.29. The lowest BCUT2D eigenvalue weighted by atomic mass is 10.1. The van der Waals surface area contributed by atoms with Gasteiger partial charge in [-0.15, -0.1) is 0 Å². The van der Waals surface area contributed by atoms with Crippen LogP contribution < -0.4 is 4.90 Å². The van der Waals surface area contributed by atoms with Gasteiger partial charge in [0.15, 0.2) is 10.8 Å². The first-order valence-electron chi connectivity index (χ1n) is 9.66. The van der Waals surface area contributed by atoms with E-state index in [-0.39, 0.29) is 11.9 Å². The van der Waals surface area contributed by atoms with Gasteiger partial charge in [0.05, 0.1) is 10.2 Å². The van der Waals surface area contributed by atoms with Gasteiger partial charge in [-0.05, 0) is 78.0 Å². The molecule has 1 aromatic carbocycles. The summed E-state index contributed by atoms with van der Waals surface area (Å²) in [6, 6.07) is 6.29. The van der Waals surface area contributed by atoms with Gasteiger partial charge in [0.2, 0.25) is 0 Å². The van der Waals surface area contributed by atoms with Crippen LogP contribution in [0.25, 0.3) is 10.2 Å². The van der Waals surface area contributed by atoms with Crippen LogP contribution in [-0.2, 0) is 0 Å². The number of nitrogens with zero attached hydrogens (tertiary/aromatic N) is 5. The quantitative estimate of drug-likeness (QED) is 0.595. The van der Waals surface area contributed by atoms with Crippen LogP contribution in [0.5, 0.6) is 0 Å². The SMILES string of the molecule is Cc1cc(C)c2nc(N(CCCN(C)C)C(=O)c3ccn(C(C)C)n3)sc2c1. The van der Waals surface area contributed by atoms with Gasteiger partial charge in [-0.1, -0.05) is 17.4 Å². The number of thiazole rings is 1. The van der Waals surface area contributed by atoms with E-state index in [1.54, 1.807) is 22.3 Å². The molecule has 0 fully saturated rings. The molecule has 1 amide bonds. The highest BCUT2D eigenvalue weighted by Crippen LogP contribution is 2.32. The molecule has 2 aromatic heterocycles. The van der Waals surface area contributed by atoms with E-state index in [4.69, 9.17) is 4.98 Å². The predicted molar refractivity (Wildman–Crippen MR) is 117 cm³/mol. The first-order chi connectivity index (χ1) is 13.3. The molecule has 0 saturated carbocycles. The van der Waals surface area contributed by atoms with Crippen LogP contribution in [0.2, 0.25) is 0 Å². The Kier molecular flexibility index (Phi) is 6.15. The van der Waals surface area contributed by atoms with Crippen LogP contribution in [0.1, 0.15) is 47.9 Å². The van der Waals surface area contributed by atoms with Crippen LogP contribution in [-0.4, -0.2) is 52.8 Å². The van der Waals surface area contributed by atoms with Crippen molar-refractivity contribution < 1.29 is 4.79 Å². The molecule has 0 N–H and O–H groups in total. The summed E-state index contributed by atoms with van der Waals surface area (Å²) in [6.07, 6.45) is 2.74. The lowest BCUT2D eigenvalue weighted by molar-refractivity contribution is 0.0980. The van der Waals surface area contributed by atoms with Crippen molar-refractivity contribution in [3.05, 3.63) is 41.2 Å². The topological polar surface area (TPSA) is 54.3 Å². The number of carbonyl (C=O) groups excluding carboxylic acids is 1. The number of fused-ring (bicyclic) bond motifs is 1. The number of rotatable bonds is 7. The van der Waals surface area contributed by atoms with Crippen LogP contribution in [0.4, 0.5) is 5.13 Å². The van der Waals surface area contributed by atoms with Crippen molar-refractivity contribution in [1.82, 2.24) is 19.7 Å². The summed E-state index contributed by atoms with van der Waals surface area (Å²) in [5.74, 6) is -0.0911. The fraction of sp³-hybridized carbons (Fsp3) is 0.476. The largest absolute Gasteiger partial charge is 0.309 e.